The van der Waals surface area contributed by atoms with Gasteiger partial charge < -0.3 is 4.57 Å². The Bertz CT molecular complexity index is 678. The number of halogens is 1. The lowest BCUT2D eigenvalue weighted by molar-refractivity contribution is 0.652. The van der Waals surface area contributed by atoms with Crippen LogP contribution in [-0.2, 0) is 0 Å². The first kappa shape index (κ1) is 11.2. The van der Waals surface area contributed by atoms with Crippen LogP contribution in [0, 0.1) is 0 Å². The molecule has 0 bridgehead atoms. The molecule has 3 aromatic rings. The fourth-order valence-corrected chi connectivity index (χ4v) is 2.18. The van der Waals surface area contributed by atoms with Crippen LogP contribution in [0.15, 0.2) is 43.0 Å². The second-order valence-electron chi connectivity index (χ2n) is 4.08. The summed E-state index contributed by atoms with van der Waals surface area (Å²) in [7, 11) is 0. The monoisotopic (exact) mass is 258 g/mol. The molecule has 0 radical (unpaired) electrons. The van der Waals surface area contributed by atoms with Crippen molar-refractivity contribution in [3.05, 3.63) is 53.7 Å². The van der Waals surface area contributed by atoms with Crippen molar-refractivity contribution in [2.75, 3.05) is 0 Å². The molecule has 1 aromatic carbocycles. The van der Waals surface area contributed by atoms with Crippen LogP contribution < -0.4 is 0 Å². The van der Waals surface area contributed by atoms with Gasteiger partial charge in [0.05, 0.1) is 12.4 Å². The van der Waals surface area contributed by atoms with Crippen molar-refractivity contribution >= 4 is 22.8 Å². The van der Waals surface area contributed by atoms with Crippen LogP contribution in [0.25, 0.3) is 11.2 Å². The number of nitrogens with zero attached hydrogens (tertiary/aromatic N) is 4. The van der Waals surface area contributed by atoms with E-state index in [0.29, 0.717) is 10.7 Å². The lowest BCUT2D eigenvalue weighted by Crippen LogP contribution is -2.06. The molecule has 0 saturated carbocycles. The van der Waals surface area contributed by atoms with Gasteiger partial charge in [-0.15, -0.1) is 0 Å². The number of rotatable bonds is 2. The molecule has 2 aromatic heterocycles. The van der Waals surface area contributed by atoms with Crippen molar-refractivity contribution < 1.29 is 0 Å². The van der Waals surface area contributed by atoms with E-state index in [1.165, 1.54) is 11.9 Å². The molecule has 5 heteroatoms. The molecule has 0 aliphatic heterocycles. The molecule has 1 unspecified atom stereocenters. The predicted molar refractivity (Wildman–Crippen MR) is 70.6 cm³/mol. The van der Waals surface area contributed by atoms with E-state index in [0.717, 1.165) is 5.65 Å². The van der Waals surface area contributed by atoms with E-state index < -0.39 is 0 Å². The van der Waals surface area contributed by atoms with Gasteiger partial charge in [0.15, 0.2) is 10.8 Å². The first-order valence-electron chi connectivity index (χ1n) is 5.65. The first-order valence-corrected chi connectivity index (χ1v) is 6.03. The van der Waals surface area contributed by atoms with Crippen LogP contribution in [0.4, 0.5) is 0 Å². The fraction of sp³-hybridized carbons (Fsp3) is 0.154. The summed E-state index contributed by atoms with van der Waals surface area (Å²) in [6, 6.07) is 10.4. The van der Waals surface area contributed by atoms with Crippen LogP contribution in [0.2, 0.25) is 5.15 Å². The van der Waals surface area contributed by atoms with E-state index in [1.54, 1.807) is 6.33 Å². The van der Waals surface area contributed by atoms with Crippen LogP contribution in [0.1, 0.15) is 18.5 Å². The number of aromatic nitrogens is 4. The zero-order chi connectivity index (χ0) is 12.5. The summed E-state index contributed by atoms with van der Waals surface area (Å²) in [6.45, 7) is 2.10. The van der Waals surface area contributed by atoms with E-state index in [-0.39, 0.29) is 6.04 Å². The van der Waals surface area contributed by atoms with Gasteiger partial charge >= 0.3 is 0 Å². The van der Waals surface area contributed by atoms with Crippen LogP contribution in [-0.4, -0.2) is 19.5 Å². The second-order valence-corrected chi connectivity index (χ2v) is 4.43. The van der Waals surface area contributed by atoms with Gasteiger partial charge in [-0.25, -0.2) is 15.0 Å². The van der Waals surface area contributed by atoms with Gasteiger partial charge in [-0.1, -0.05) is 41.9 Å². The smallest absolute Gasteiger partial charge is 0.165 e. The maximum absolute atomic E-state index is 5.99. The average molecular weight is 259 g/mol. The van der Waals surface area contributed by atoms with E-state index in [9.17, 15) is 0 Å². The third kappa shape index (κ3) is 1.75. The number of fused-ring (bicyclic) bond motifs is 1. The summed E-state index contributed by atoms with van der Waals surface area (Å²) in [4.78, 5) is 12.5. The van der Waals surface area contributed by atoms with Gasteiger partial charge in [0.25, 0.3) is 0 Å². The van der Waals surface area contributed by atoms with E-state index >= 15 is 0 Å². The Balaban J connectivity index is 2.13. The normalized spacial score (nSPS) is 12.8. The largest absolute Gasteiger partial charge is 0.308 e. The van der Waals surface area contributed by atoms with Gasteiger partial charge in [0.1, 0.15) is 11.8 Å². The summed E-state index contributed by atoms with van der Waals surface area (Å²) >= 11 is 5.99. The van der Waals surface area contributed by atoms with E-state index in [4.69, 9.17) is 11.6 Å². The summed E-state index contributed by atoms with van der Waals surface area (Å²) in [6.07, 6.45) is 3.21. The summed E-state index contributed by atoms with van der Waals surface area (Å²) in [5.74, 6) is 0. The van der Waals surface area contributed by atoms with Crippen molar-refractivity contribution in [3.63, 3.8) is 0 Å². The SMILES string of the molecule is CC(c1ccccc1)n1cnc2c(Cl)ncnc21. The molecule has 0 saturated heterocycles. The molecule has 0 N–H and O–H groups in total. The Morgan fingerprint density at radius 1 is 1.11 bits per heavy atom. The number of hydrogen-bond donors (Lipinski definition) is 0. The topological polar surface area (TPSA) is 43.6 Å². The van der Waals surface area contributed by atoms with Crippen LogP contribution in [0.3, 0.4) is 0 Å². The minimum Gasteiger partial charge on any atom is -0.308 e. The lowest BCUT2D eigenvalue weighted by Gasteiger charge is -2.13. The highest BCUT2D eigenvalue weighted by Gasteiger charge is 2.14. The molecule has 2 heterocycles. The quantitative estimate of drug-likeness (QED) is 0.664. The minimum atomic E-state index is 0.155. The van der Waals surface area contributed by atoms with Crippen LogP contribution >= 0.6 is 11.6 Å². The molecule has 3 rings (SSSR count). The number of benzene rings is 1. The van der Waals surface area contributed by atoms with Gasteiger partial charge in [-0.05, 0) is 12.5 Å². The van der Waals surface area contributed by atoms with E-state index in [2.05, 4.69) is 34.0 Å². The van der Waals surface area contributed by atoms with Crippen molar-refractivity contribution in [2.45, 2.75) is 13.0 Å². The van der Waals surface area contributed by atoms with Crippen molar-refractivity contribution in [1.29, 1.82) is 0 Å². The standard InChI is InChI=1S/C13H11ClN4/c1-9(10-5-3-2-4-6-10)18-8-17-11-12(14)15-7-16-13(11)18/h2-9H,1H3. The summed E-state index contributed by atoms with van der Waals surface area (Å²) < 4.78 is 2.00. The highest BCUT2D eigenvalue weighted by Crippen LogP contribution is 2.24. The molecule has 0 amide bonds. The fourth-order valence-electron chi connectivity index (χ4n) is 2.00. The third-order valence-corrected chi connectivity index (χ3v) is 3.29. The molecule has 0 aliphatic carbocycles. The Hall–Kier alpha value is -1.94. The van der Waals surface area contributed by atoms with Crippen molar-refractivity contribution in [2.24, 2.45) is 0 Å². The second kappa shape index (κ2) is 4.38. The molecular formula is C13H11ClN4. The van der Waals surface area contributed by atoms with Gasteiger partial charge in [-0.2, -0.15) is 0 Å². The Kier molecular flexibility index (Phi) is 2.72. The molecule has 90 valence electrons. The summed E-state index contributed by atoms with van der Waals surface area (Å²) in [5, 5.41) is 0.388. The van der Waals surface area contributed by atoms with Crippen LogP contribution in [0.5, 0.6) is 0 Å². The minimum absolute atomic E-state index is 0.155. The molecule has 4 nitrogen and oxygen atoms in total. The molecule has 18 heavy (non-hydrogen) atoms. The zero-order valence-corrected chi connectivity index (χ0v) is 10.5. The molecule has 0 spiro atoms. The predicted octanol–water partition coefficient (Wildman–Crippen LogP) is 3.09. The van der Waals surface area contributed by atoms with Crippen molar-refractivity contribution in [1.82, 2.24) is 19.5 Å². The molecule has 0 fully saturated rings. The van der Waals surface area contributed by atoms with Gasteiger partial charge in [0.2, 0.25) is 0 Å². The van der Waals surface area contributed by atoms with Gasteiger partial charge in [0, 0.05) is 0 Å². The maximum Gasteiger partial charge on any atom is 0.165 e. The van der Waals surface area contributed by atoms with Gasteiger partial charge in [-0.3, -0.25) is 0 Å². The Labute approximate surface area is 109 Å². The van der Waals surface area contributed by atoms with Crippen molar-refractivity contribution in [3.8, 4) is 0 Å². The number of imidazole rings is 1. The zero-order valence-electron chi connectivity index (χ0n) is 9.79. The summed E-state index contributed by atoms with van der Waals surface area (Å²) in [5.41, 5.74) is 2.60. The highest BCUT2D eigenvalue weighted by atomic mass is 35.5. The molecular weight excluding hydrogens is 248 g/mol. The average Bonchev–Trinajstić information content (AvgIpc) is 2.84. The lowest BCUT2D eigenvalue weighted by atomic mass is 10.1. The highest BCUT2D eigenvalue weighted by molar-refractivity contribution is 6.33. The maximum atomic E-state index is 5.99. The molecule has 1 atom stereocenters. The Morgan fingerprint density at radius 2 is 1.89 bits per heavy atom. The third-order valence-electron chi connectivity index (χ3n) is 3.01. The van der Waals surface area contributed by atoms with E-state index in [1.807, 2.05) is 22.8 Å². The Morgan fingerprint density at radius 3 is 2.67 bits per heavy atom. The first-order chi connectivity index (χ1) is 8.77. The molecule has 0 aliphatic rings. The number of hydrogen-bond acceptors (Lipinski definition) is 3.